The molecule has 3 nitrogen and oxygen atoms in total. The number of nitrogens with zero attached hydrogens (tertiary/aromatic N) is 1. The van der Waals surface area contributed by atoms with Crippen molar-refractivity contribution in [1.29, 1.82) is 0 Å². The van der Waals surface area contributed by atoms with E-state index in [9.17, 15) is 5.11 Å². The van der Waals surface area contributed by atoms with Gasteiger partial charge in [-0.3, -0.25) is 4.90 Å². The maximum absolute atomic E-state index is 9.45. The molecule has 1 fully saturated rings. The summed E-state index contributed by atoms with van der Waals surface area (Å²) in [6.45, 7) is 13.8. The van der Waals surface area contributed by atoms with Gasteiger partial charge in [0.25, 0.3) is 0 Å². The van der Waals surface area contributed by atoms with Crippen LogP contribution in [0.2, 0.25) is 0 Å². The molecule has 0 aromatic heterocycles. The first-order chi connectivity index (χ1) is 7.30. The highest BCUT2D eigenvalue weighted by Gasteiger charge is 2.34. The molecule has 2 unspecified atom stereocenters. The number of hydrogen-bond donors (Lipinski definition) is 1. The van der Waals surface area contributed by atoms with E-state index in [1.807, 2.05) is 0 Å². The molecular formula is C13H27NO2. The van der Waals surface area contributed by atoms with E-state index in [0.717, 1.165) is 26.1 Å². The molecular weight excluding hydrogens is 202 g/mol. The molecule has 1 N–H and O–H groups in total. The van der Waals surface area contributed by atoms with E-state index < -0.39 is 0 Å². The predicted molar refractivity (Wildman–Crippen MR) is 66.5 cm³/mol. The fourth-order valence-corrected chi connectivity index (χ4v) is 2.52. The summed E-state index contributed by atoms with van der Waals surface area (Å²) in [4.78, 5) is 2.42. The molecule has 1 aliphatic heterocycles. The van der Waals surface area contributed by atoms with Gasteiger partial charge in [0.05, 0.1) is 11.7 Å². The summed E-state index contributed by atoms with van der Waals surface area (Å²) in [5.74, 6) is 0. The molecule has 0 spiro atoms. The van der Waals surface area contributed by atoms with Crippen LogP contribution in [0.5, 0.6) is 0 Å². The lowest BCUT2D eigenvalue weighted by Crippen LogP contribution is -2.54. The molecule has 3 heteroatoms. The van der Waals surface area contributed by atoms with Crippen molar-refractivity contribution >= 4 is 0 Å². The Morgan fingerprint density at radius 2 is 2.12 bits per heavy atom. The molecule has 0 aliphatic carbocycles. The summed E-state index contributed by atoms with van der Waals surface area (Å²) >= 11 is 0. The van der Waals surface area contributed by atoms with Gasteiger partial charge in [-0.15, -0.1) is 0 Å². The van der Waals surface area contributed by atoms with Gasteiger partial charge < -0.3 is 9.84 Å². The molecule has 16 heavy (non-hydrogen) atoms. The summed E-state index contributed by atoms with van der Waals surface area (Å²) in [7, 11) is 0. The van der Waals surface area contributed by atoms with Crippen LogP contribution >= 0.6 is 0 Å². The van der Waals surface area contributed by atoms with E-state index >= 15 is 0 Å². The predicted octanol–water partition coefficient (Wildman–Crippen LogP) is 1.89. The van der Waals surface area contributed by atoms with E-state index in [1.165, 1.54) is 0 Å². The van der Waals surface area contributed by atoms with Crippen molar-refractivity contribution in [2.45, 2.75) is 52.7 Å². The second-order valence-electron chi connectivity index (χ2n) is 6.18. The molecule has 0 radical (unpaired) electrons. The first kappa shape index (κ1) is 13.9. The van der Waals surface area contributed by atoms with Crippen LogP contribution in [0.25, 0.3) is 0 Å². The molecule has 0 saturated carbocycles. The van der Waals surface area contributed by atoms with Crippen LogP contribution in [0, 0.1) is 5.41 Å². The van der Waals surface area contributed by atoms with E-state index in [1.54, 1.807) is 0 Å². The Balaban J connectivity index is 2.60. The Labute approximate surface area is 99.8 Å². The standard InChI is InChI=1S/C13H27NO2/c1-6-13(5,10-15)9-14-7-11(2)16-12(3,4)8-14/h11,15H,6-10H2,1-5H3. The third-order valence-corrected chi connectivity index (χ3v) is 3.48. The molecule has 1 aliphatic rings. The van der Waals surface area contributed by atoms with Crippen LogP contribution in [-0.4, -0.2) is 48.0 Å². The first-order valence-corrected chi connectivity index (χ1v) is 6.31. The lowest BCUT2D eigenvalue weighted by Gasteiger charge is -2.44. The SMILES string of the molecule is CCC(C)(CO)CN1CC(C)OC(C)(C)C1. The molecule has 0 aromatic rings. The van der Waals surface area contributed by atoms with Crippen LogP contribution in [0.4, 0.5) is 0 Å². The Morgan fingerprint density at radius 3 is 2.56 bits per heavy atom. The van der Waals surface area contributed by atoms with Gasteiger partial charge in [-0.2, -0.15) is 0 Å². The monoisotopic (exact) mass is 229 g/mol. The molecule has 0 bridgehead atoms. The van der Waals surface area contributed by atoms with E-state index in [-0.39, 0.29) is 23.7 Å². The summed E-state index contributed by atoms with van der Waals surface area (Å²) < 4.78 is 5.88. The quantitative estimate of drug-likeness (QED) is 0.799. The fraction of sp³-hybridized carbons (Fsp3) is 1.00. The summed E-state index contributed by atoms with van der Waals surface area (Å²) in [6.07, 6.45) is 1.29. The third kappa shape index (κ3) is 3.72. The van der Waals surface area contributed by atoms with Gasteiger partial charge >= 0.3 is 0 Å². The van der Waals surface area contributed by atoms with Crippen molar-refractivity contribution in [2.75, 3.05) is 26.2 Å². The van der Waals surface area contributed by atoms with Crippen LogP contribution in [0.1, 0.15) is 41.0 Å². The molecule has 1 rings (SSSR count). The molecule has 1 saturated heterocycles. The Hall–Kier alpha value is -0.120. The van der Waals surface area contributed by atoms with Crippen molar-refractivity contribution in [3.63, 3.8) is 0 Å². The van der Waals surface area contributed by atoms with Gasteiger partial charge in [-0.05, 0) is 27.2 Å². The minimum absolute atomic E-state index is 0.0210. The van der Waals surface area contributed by atoms with E-state index in [2.05, 4.69) is 39.5 Å². The fourth-order valence-electron chi connectivity index (χ4n) is 2.52. The molecule has 0 aromatic carbocycles. The zero-order chi connectivity index (χ0) is 12.4. The molecule has 2 atom stereocenters. The van der Waals surface area contributed by atoms with Gasteiger partial charge in [0.2, 0.25) is 0 Å². The Kier molecular flexibility index (Phi) is 4.38. The Morgan fingerprint density at radius 1 is 1.50 bits per heavy atom. The van der Waals surface area contributed by atoms with Gasteiger partial charge in [0.1, 0.15) is 0 Å². The maximum Gasteiger partial charge on any atom is 0.0757 e. The second-order valence-corrected chi connectivity index (χ2v) is 6.18. The molecule has 0 amide bonds. The van der Waals surface area contributed by atoms with Gasteiger partial charge in [0.15, 0.2) is 0 Å². The zero-order valence-corrected chi connectivity index (χ0v) is 11.4. The topological polar surface area (TPSA) is 32.7 Å². The van der Waals surface area contributed by atoms with Crippen LogP contribution < -0.4 is 0 Å². The first-order valence-electron chi connectivity index (χ1n) is 6.31. The van der Waals surface area contributed by atoms with Gasteiger partial charge in [-0.25, -0.2) is 0 Å². The number of morpholine rings is 1. The highest BCUT2D eigenvalue weighted by Crippen LogP contribution is 2.26. The zero-order valence-electron chi connectivity index (χ0n) is 11.4. The van der Waals surface area contributed by atoms with Crippen molar-refractivity contribution < 1.29 is 9.84 Å². The number of hydrogen-bond acceptors (Lipinski definition) is 3. The van der Waals surface area contributed by atoms with E-state index in [0.29, 0.717) is 0 Å². The summed E-state index contributed by atoms with van der Waals surface area (Å²) in [5.41, 5.74) is -0.0467. The highest BCUT2D eigenvalue weighted by molar-refractivity contribution is 4.86. The van der Waals surface area contributed by atoms with E-state index in [4.69, 9.17) is 4.74 Å². The van der Waals surface area contributed by atoms with Crippen molar-refractivity contribution in [1.82, 2.24) is 4.90 Å². The number of aliphatic hydroxyl groups excluding tert-OH is 1. The molecule has 96 valence electrons. The van der Waals surface area contributed by atoms with Crippen molar-refractivity contribution in [3.8, 4) is 0 Å². The normalized spacial score (nSPS) is 30.0. The lowest BCUT2D eigenvalue weighted by molar-refractivity contribution is -0.136. The molecule has 1 heterocycles. The van der Waals surface area contributed by atoms with Crippen LogP contribution in [0.15, 0.2) is 0 Å². The smallest absolute Gasteiger partial charge is 0.0757 e. The highest BCUT2D eigenvalue weighted by atomic mass is 16.5. The Bertz CT molecular complexity index is 224. The number of aliphatic hydroxyl groups is 1. The minimum Gasteiger partial charge on any atom is -0.396 e. The number of rotatable bonds is 4. The maximum atomic E-state index is 9.45. The average Bonchev–Trinajstić information content (AvgIpc) is 2.14. The number of ether oxygens (including phenoxy) is 1. The van der Waals surface area contributed by atoms with Crippen LogP contribution in [-0.2, 0) is 4.74 Å². The lowest BCUT2D eigenvalue weighted by atomic mass is 9.87. The average molecular weight is 229 g/mol. The van der Waals surface area contributed by atoms with Crippen molar-refractivity contribution in [3.05, 3.63) is 0 Å². The van der Waals surface area contributed by atoms with Gasteiger partial charge in [-0.1, -0.05) is 13.8 Å². The van der Waals surface area contributed by atoms with Gasteiger partial charge in [0, 0.05) is 31.7 Å². The van der Waals surface area contributed by atoms with Crippen molar-refractivity contribution in [2.24, 2.45) is 5.41 Å². The largest absolute Gasteiger partial charge is 0.396 e. The van der Waals surface area contributed by atoms with Crippen LogP contribution in [0.3, 0.4) is 0 Å². The summed E-state index contributed by atoms with van der Waals surface area (Å²) in [6, 6.07) is 0. The summed E-state index contributed by atoms with van der Waals surface area (Å²) in [5, 5.41) is 9.45. The third-order valence-electron chi connectivity index (χ3n) is 3.48. The minimum atomic E-state index is -0.0677. The second kappa shape index (κ2) is 5.03.